The molecule has 0 spiro atoms. The Labute approximate surface area is 154 Å². The first-order valence-corrected chi connectivity index (χ1v) is 8.44. The zero-order valence-corrected chi connectivity index (χ0v) is 14.4. The lowest BCUT2D eigenvalue weighted by Gasteiger charge is -2.10. The minimum atomic E-state index is -4.74. The normalized spacial score (nSPS) is 11.7. The van der Waals surface area contributed by atoms with Crippen LogP contribution in [0, 0.1) is 0 Å². The Balaban J connectivity index is 2.27. The van der Waals surface area contributed by atoms with Crippen LogP contribution in [0.2, 0.25) is 5.15 Å². The minimum Gasteiger partial charge on any atom is -0.334 e. The summed E-state index contributed by atoms with van der Waals surface area (Å²) in [4.78, 5) is 29.3. The average Bonchev–Trinajstić information content (AvgIpc) is 2.52. The number of carbonyl (C=O) groups excluding carboxylic acids is 2. The Hall–Kier alpha value is -2.93. The van der Waals surface area contributed by atoms with E-state index in [9.17, 15) is 31.2 Å². The molecule has 2 aromatic rings. The number of rotatable bonds is 4. The van der Waals surface area contributed by atoms with Gasteiger partial charge in [0.1, 0.15) is 10.8 Å². The van der Waals surface area contributed by atoms with Crippen LogP contribution in [0.5, 0.6) is 0 Å². The van der Waals surface area contributed by atoms with Crippen molar-refractivity contribution in [1.82, 2.24) is 9.97 Å². The maximum absolute atomic E-state index is 12.6. The van der Waals surface area contributed by atoms with Crippen molar-refractivity contribution in [3.05, 3.63) is 46.9 Å². The molecule has 2 heterocycles. The van der Waals surface area contributed by atoms with Crippen LogP contribution in [-0.2, 0) is 20.5 Å². The zero-order chi connectivity index (χ0) is 20.4. The molecular formula is C13H8ClF3N4O5S. The second kappa shape index (κ2) is 7.36. The lowest BCUT2D eigenvalue weighted by Crippen LogP contribution is -2.20. The van der Waals surface area contributed by atoms with Crippen molar-refractivity contribution in [2.45, 2.75) is 11.2 Å². The van der Waals surface area contributed by atoms with E-state index in [2.05, 4.69) is 25.2 Å². The van der Waals surface area contributed by atoms with Crippen molar-refractivity contribution < 1.29 is 35.4 Å². The van der Waals surface area contributed by atoms with Crippen molar-refractivity contribution in [2.75, 3.05) is 5.32 Å². The van der Waals surface area contributed by atoms with Gasteiger partial charge < -0.3 is 15.2 Å². The number of nitrogens with two attached hydrogens (primary N) is 1. The highest BCUT2D eigenvalue weighted by atomic mass is 35.5. The Morgan fingerprint density at radius 2 is 1.89 bits per heavy atom. The molecule has 0 aromatic carbocycles. The van der Waals surface area contributed by atoms with Crippen LogP contribution < -0.4 is 11.1 Å². The quantitative estimate of drug-likeness (QED) is 0.565. The smallest absolute Gasteiger partial charge is 0.334 e. The van der Waals surface area contributed by atoms with E-state index in [4.69, 9.17) is 11.6 Å². The molecule has 0 bridgehead atoms. The van der Waals surface area contributed by atoms with Gasteiger partial charge in [-0.05, 0) is 18.2 Å². The van der Waals surface area contributed by atoms with E-state index in [1.54, 1.807) is 0 Å². The second-order valence-electron chi connectivity index (χ2n) is 4.73. The van der Waals surface area contributed by atoms with Gasteiger partial charge in [-0.3, -0.25) is 4.79 Å². The molecule has 0 atom stereocenters. The highest BCUT2D eigenvalue weighted by Gasteiger charge is 2.33. The number of hydrogen-bond acceptors (Lipinski definition) is 7. The highest BCUT2D eigenvalue weighted by molar-refractivity contribution is 7.87. The summed E-state index contributed by atoms with van der Waals surface area (Å²) >= 11 is 5.61. The first-order valence-electron chi connectivity index (χ1n) is 6.65. The summed E-state index contributed by atoms with van der Waals surface area (Å²) in [7, 11) is -4.61. The standard InChI is InChI=1S/C13H8ClF3N4O5S/c14-10-7(1-2-8(21-10)13(15,16)17)11(22)20-6-3-4-19-9(5-6)27(24,25)26-12(18)23/h1-5H,(H2,18,23)(H,19,20,22). The predicted molar refractivity (Wildman–Crippen MR) is 84.3 cm³/mol. The predicted octanol–water partition coefficient (Wildman–Crippen LogP) is 2.19. The molecule has 0 aliphatic carbocycles. The first-order chi connectivity index (χ1) is 12.4. The lowest BCUT2D eigenvalue weighted by molar-refractivity contribution is -0.141. The van der Waals surface area contributed by atoms with Gasteiger partial charge in [-0.1, -0.05) is 11.6 Å². The number of nitrogens with one attached hydrogen (secondary N) is 1. The number of amides is 2. The molecule has 2 aromatic heterocycles. The van der Waals surface area contributed by atoms with Gasteiger partial charge in [0.05, 0.1) is 5.56 Å². The fourth-order valence-electron chi connectivity index (χ4n) is 1.73. The van der Waals surface area contributed by atoms with Crippen molar-refractivity contribution in [2.24, 2.45) is 5.73 Å². The minimum absolute atomic E-state index is 0.127. The van der Waals surface area contributed by atoms with Gasteiger partial charge in [-0.15, -0.1) is 0 Å². The molecule has 27 heavy (non-hydrogen) atoms. The highest BCUT2D eigenvalue weighted by Crippen LogP contribution is 2.29. The first kappa shape index (κ1) is 20.4. The fraction of sp³-hybridized carbons (Fsp3) is 0.0769. The third-order valence-corrected chi connectivity index (χ3v) is 4.23. The lowest BCUT2D eigenvalue weighted by atomic mass is 10.2. The van der Waals surface area contributed by atoms with Crippen LogP contribution in [0.1, 0.15) is 16.1 Å². The summed E-state index contributed by atoms with van der Waals surface area (Å²) in [6.07, 6.45) is -5.36. The zero-order valence-electron chi connectivity index (χ0n) is 12.8. The second-order valence-corrected chi connectivity index (χ2v) is 6.58. The summed E-state index contributed by atoms with van der Waals surface area (Å²) in [5, 5.41) is 0.755. The van der Waals surface area contributed by atoms with Crippen molar-refractivity contribution in [1.29, 1.82) is 0 Å². The summed E-state index contributed by atoms with van der Waals surface area (Å²) in [5.74, 6) is -0.966. The Morgan fingerprint density at radius 1 is 1.22 bits per heavy atom. The molecule has 0 fully saturated rings. The number of halogens is 4. The van der Waals surface area contributed by atoms with E-state index in [1.807, 2.05) is 0 Å². The summed E-state index contributed by atoms with van der Waals surface area (Å²) in [6, 6.07) is 3.38. The van der Waals surface area contributed by atoms with Crippen LogP contribution >= 0.6 is 11.6 Å². The molecule has 0 aliphatic heterocycles. The maximum Gasteiger partial charge on any atom is 0.433 e. The van der Waals surface area contributed by atoms with Gasteiger partial charge in [0.15, 0.2) is 5.03 Å². The number of hydrogen-bond donors (Lipinski definition) is 2. The molecule has 14 heteroatoms. The molecule has 3 N–H and O–H groups in total. The molecule has 0 radical (unpaired) electrons. The summed E-state index contributed by atoms with van der Waals surface area (Å²) in [5.41, 5.74) is 2.83. The maximum atomic E-state index is 12.6. The van der Waals surface area contributed by atoms with E-state index in [0.29, 0.717) is 6.07 Å². The van der Waals surface area contributed by atoms with E-state index in [0.717, 1.165) is 18.3 Å². The molecular weight excluding hydrogens is 417 g/mol. The molecule has 0 saturated carbocycles. The molecule has 0 unspecified atom stereocenters. The Morgan fingerprint density at radius 3 is 2.44 bits per heavy atom. The van der Waals surface area contributed by atoms with Gasteiger partial charge in [0.2, 0.25) is 0 Å². The molecule has 2 amide bonds. The number of primary amides is 1. The molecule has 2 rings (SSSR count). The van der Waals surface area contributed by atoms with Gasteiger partial charge in [0, 0.05) is 18.0 Å². The van der Waals surface area contributed by atoms with Crippen LogP contribution in [0.3, 0.4) is 0 Å². The SMILES string of the molecule is NC(=O)OS(=O)(=O)c1cc(NC(=O)c2ccc(C(F)(F)F)nc2Cl)ccn1. The van der Waals surface area contributed by atoms with Gasteiger partial charge in [-0.25, -0.2) is 14.8 Å². The fourth-order valence-corrected chi connectivity index (χ4v) is 2.74. The van der Waals surface area contributed by atoms with Crippen molar-refractivity contribution in [3.8, 4) is 0 Å². The van der Waals surface area contributed by atoms with Crippen LogP contribution in [0.25, 0.3) is 0 Å². The monoisotopic (exact) mass is 424 g/mol. The Bertz CT molecular complexity index is 1010. The summed E-state index contributed by atoms with van der Waals surface area (Å²) in [6.45, 7) is 0. The van der Waals surface area contributed by atoms with E-state index in [-0.39, 0.29) is 11.3 Å². The number of nitrogens with zero attached hydrogens (tertiary/aromatic N) is 2. The van der Waals surface area contributed by atoms with E-state index in [1.165, 1.54) is 6.07 Å². The molecule has 0 aliphatic rings. The molecule has 9 nitrogen and oxygen atoms in total. The number of anilines is 1. The number of alkyl halides is 3. The van der Waals surface area contributed by atoms with Gasteiger partial charge >= 0.3 is 22.4 Å². The molecule has 144 valence electrons. The Kier molecular flexibility index (Phi) is 5.56. The van der Waals surface area contributed by atoms with E-state index < -0.39 is 44.2 Å². The van der Waals surface area contributed by atoms with Gasteiger partial charge in [-0.2, -0.15) is 21.6 Å². The average molecular weight is 425 g/mol. The van der Waals surface area contributed by atoms with Gasteiger partial charge in [0.25, 0.3) is 5.91 Å². The topological polar surface area (TPSA) is 141 Å². The van der Waals surface area contributed by atoms with E-state index >= 15 is 0 Å². The number of aromatic nitrogens is 2. The van der Waals surface area contributed by atoms with Crippen LogP contribution in [0.15, 0.2) is 35.5 Å². The largest absolute Gasteiger partial charge is 0.433 e. The van der Waals surface area contributed by atoms with Crippen LogP contribution in [0.4, 0.5) is 23.7 Å². The number of pyridine rings is 2. The number of carbonyl (C=O) groups is 2. The van der Waals surface area contributed by atoms with Crippen molar-refractivity contribution in [3.63, 3.8) is 0 Å². The molecule has 0 saturated heterocycles. The van der Waals surface area contributed by atoms with Crippen molar-refractivity contribution >= 4 is 39.4 Å². The third-order valence-electron chi connectivity index (χ3n) is 2.82. The van der Waals surface area contributed by atoms with Crippen LogP contribution in [-0.4, -0.2) is 30.4 Å². The third kappa shape index (κ3) is 5.04. The summed E-state index contributed by atoms with van der Waals surface area (Å²) < 4.78 is 65.0.